The fourth-order valence-electron chi connectivity index (χ4n) is 1.99. The number of hydrogen-bond donors (Lipinski definition) is 3. The van der Waals surface area contributed by atoms with Crippen LogP contribution in [0.2, 0.25) is 0 Å². The molecule has 98 valence electrons. The van der Waals surface area contributed by atoms with Crippen LogP contribution in [0.4, 0.5) is 10.5 Å². The van der Waals surface area contributed by atoms with Gasteiger partial charge in [0.25, 0.3) is 0 Å². The largest absolute Gasteiger partial charge is 0.338 e. The Morgan fingerprint density at radius 1 is 1.39 bits per heavy atom. The number of amides is 2. The summed E-state index contributed by atoms with van der Waals surface area (Å²) in [5.74, 6) is 1.39. The van der Waals surface area contributed by atoms with Gasteiger partial charge in [0.05, 0.1) is 0 Å². The minimum Gasteiger partial charge on any atom is -0.338 e. The molecule has 0 saturated heterocycles. The van der Waals surface area contributed by atoms with Crippen LogP contribution in [0.5, 0.6) is 0 Å². The molecule has 4 N–H and O–H groups in total. The lowest BCUT2D eigenvalue weighted by molar-refractivity contribution is 0.250. The van der Waals surface area contributed by atoms with E-state index >= 15 is 0 Å². The van der Waals surface area contributed by atoms with E-state index in [1.54, 1.807) is 0 Å². The van der Waals surface area contributed by atoms with Gasteiger partial charge < -0.3 is 16.4 Å². The van der Waals surface area contributed by atoms with Crippen LogP contribution in [0.3, 0.4) is 0 Å². The Kier molecular flexibility index (Phi) is 4.20. The van der Waals surface area contributed by atoms with Crippen molar-refractivity contribution in [2.45, 2.75) is 26.3 Å². The Labute approximate surface area is 108 Å². The lowest BCUT2D eigenvalue weighted by atomic mass is 10.1. The average molecular weight is 247 g/mol. The van der Waals surface area contributed by atoms with Gasteiger partial charge in [-0.3, -0.25) is 0 Å². The highest BCUT2D eigenvalue weighted by atomic mass is 16.2. The molecule has 1 aromatic carbocycles. The third kappa shape index (κ3) is 3.74. The summed E-state index contributed by atoms with van der Waals surface area (Å²) in [7, 11) is 0. The maximum Gasteiger partial charge on any atom is 0.319 e. The topological polar surface area (TPSA) is 67.2 Å². The van der Waals surface area contributed by atoms with Gasteiger partial charge in [0, 0.05) is 18.8 Å². The van der Waals surface area contributed by atoms with Crippen molar-refractivity contribution in [1.82, 2.24) is 5.32 Å². The molecular weight excluding hydrogens is 226 g/mol. The highest BCUT2D eigenvalue weighted by Gasteiger charge is 2.27. The first kappa shape index (κ1) is 12.9. The van der Waals surface area contributed by atoms with Gasteiger partial charge in [0.15, 0.2) is 0 Å². The molecule has 1 unspecified atom stereocenters. The molecule has 4 nitrogen and oxygen atoms in total. The van der Waals surface area contributed by atoms with Gasteiger partial charge in [0.2, 0.25) is 0 Å². The SMILES string of the molecule is CC(CNC(=O)Nc1ccc(CN)cc1)C1CC1. The number of rotatable bonds is 5. The van der Waals surface area contributed by atoms with Crippen LogP contribution in [0, 0.1) is 11.8 Å². The van der Waals surface area contributed by atoms with E-state index in [0.717, 1.165) is 23.7 Å². The zero-order valence-electron chi connectivity index (χ0n) is 10.8. The molecule has 1 saturated carbocycles. The number of nitrogens with one attached hydrogen (secondary N) is 2. The van der Waals surface area contributed by atoms with Crippen molar-refractivity contribution in [2.75, 3.05) is 11.9 Å². The number of benzene rings is 1. The highest BCUT2D eigenvalue weighted by Crippen LogP contribution is 2.36. The van der Waals surface area contributed by atoms with Crippen molar-refractivity contribution in [1.29, 1.82) is 0 Å². The monoisotopic (exact) mass is 247 g/mol. The normalized spacial score (nSPS) is 16.1. The molecule has 4 heteroatoms. The zero-order valence-corrected chi connectivity index (χ0v) is 10.8. The summed E-state index contributed by atoms with van der Waals surface area (Å²) in [6.45, 7) is 3.46. The van der Waals surface area contributed by atoms with Crippen molar-refractivity contribution < 1.29 is 4.79 Å². The summed E-state index contributed by atoms with van der Waals surface area (Å²) in [5, 5.41) is 5.72. The number of hydrogen-bond acceptors (Lipinski definition) is 2. The molecule has 1 fully saturated rings. The predicted molar refractivity (Wildman–Crippen MR) is 73.2 cm³/mol. The van der Waals surface area contributed by atoms with Crippen molar-refractivity contribution in [2.24, 2.45) is 17.6 Å². The quantitative estimate of drug-likeness (QED) is 0.747. The van der Waals surface area contributed by atoms with Crippen molar-refractivity contribution >= 4 is 11.7 Å². The molecule has 1 aliphatic carbocycles. The second kappa shape index (κ2) is 5.87. The molecule has 1 aliphatic rings. The number of nitrogens with two attached hydrogens (primary N) is 1. The van der Waals surface area contributed by atoms with Crippen LogP contribution in [-0.2, 0) is 6.54 Å². The molecule has 2 amide bonds. The van der Waals surface area contributed by atoms with Crippen molar-refractivity contribution in [3.63, 3.8) is 0 Å². The van der Waals surface area contributed by atoms with E-state index in [1.165, 1.54) is 12.8 Å². The molecule has 0 aromatic heterocycles. The van der Waals surface area contributed by atoms with Crippen LogP contribution < -0.4 is 16.4 Å². The Balaban J connectivity index is 1.75. The highest BCUT2D eigenvalue weighted by molar-refractivity contribution is 5.89. The van der Waals surface area contributed by atoms with Crippen molar-refractivity contribution in [3.05, 3.63) is 29.8 Å². The van der Waals surface area contributed by atoms with Gasteiger partial charge >= 0.3 is 6.03 Å². The van der Waals surface area contributed by atoms with E-state index in [0.29, 0.717) is 12.5 Å². The average Bonchev–Trinajstić information content (AvgIpc) is 3.21. The molecule has 0 heterocycles. The van der Waals surface area contributed by atoms with E-state index in [2.05, 4.69) is 17.6 Å². The molecule has 2 rings (SSSR count). The fourth-order valence-corrected chi connectivity index (χ4v) is 1.99. The summed E-state index contributed by atoms with van der Waals surface area (Å²) in [6.07, 6.45) is 2.62. The van der Waals surface area contributed by atoms with Gasteiger partial charge in [-0.2, -0.15) is 0 Å². The van der Waals surface area contributed by atoms with E-state index in [4.69, 9.17) is 5.73 Å². The van der Waals surface area contributed by atoms with Gasteiger partial charge in [-0.05, 0) is 42.4 Å². The van der Waals surface area contributed by atoms with E-state index in [9.17, 15) is 4.79 Å². The second-order valence-corrected chi connectivity index (χ2v) is 5.05. The third-order valence-electron chi connectivity index (χ3n) is 3.46. The summed E-state index contributed by atoms with van der Waals surface area (Å²) in [5.41, 5.74) is 7.37. The molecule has 0 aliphatic heterocycles. The van der Waals surface area contributed by atoms with Gasteiger partial charge in [0.1, 0.15) is 0 Å². The van der Waals surface area contributed by atoms with Gasteiger partial charge in [-0.25, -0.2) is 4.79 Å². The Bertz CT molecular complexity index is 398. The summed E-state index contributed by atoms with van der Waals surface area (Å²) in [4.78, 5) is 11.7. The molecule has 0 spiro atoms. The van der Waals surface area contributed by atoms with Gasteiger partial charge in [-0.1, -0.05) is 19.1 Å². The third-order valence-corrected chi connectivity index (χ3v) is 3.46. The zero-order chi connectivity index (χ0) is 13.0. The number of anilines is 1. The van der Waals surface area contributed by atoms with E-state index < -0.39 is 0 Å². The minimum atomic E-state index is -0.136. The van der Waals surface area contributed by atoms with Crippen LogP contribution in [0.15, 0.2) is 24.3 Å². The van der Waals surface area contributed by atoms with Crippen LogP contribution >= 0.6 is 0 Å². The van der Waals surface area contributed by atoms with Crippen LogP contribution in [-0.4, -0.2) is 12.6 Å². The number of carbonyl (C=O) groups excluding carboxylic acids is 1. The number of carbonyl (C=O) groups is 1. The molecule has 1 atom stereocenters. The summed E-state index contributed by atoms with van der Waals surface area (Å²) in [6, 6.07) is 7.44. The molecule has 0 radical (unpaired) electrons. The molecule has 0 bridgehead atoms. The standard InChI is InChI=1S/C14H21N3O/c1-10(12-4-5-12)9-16-14(18)17-13-6-2-11(8-15)3-7-13/h2-3,6-7,10,12H,4-5,8-9,15H2,1H3,(H2,16,17,18). The minimum absolute atomic E-state index is 0.136. The second-order valence-electron chi connectivity index (χ2n) is 5.05. The van der Waals surface area contributed by atoms with Crippen molar-refractivity contribution in [3.8, 4) is 0 Å². The summed E-state index contributed by atoms with van der Waals surface area (Å²) >= 11 is 0. The Hall–Kier alpha value is -1.55. The lowest BCUT2D eigenvalue weighted by Crippen LogP contribution is -2.32. The first-order chi connectivity index (χ1) is 8.69. The van der Waals surface area contributed by atoms with Gasteiger partial charge in [-0.15, -0.1) is 0 Å². The Morgan fingerprint density at radius 2 is 2.06 bits per heavy atom. The fraction of sp³-hybridized carbons (Fsp3) is 0.500. The maximum atomic E-state index is 11.7. The number of urea groups is 1. The first-order valence-corrected chi connectivity index (χ1v) is 6.53. The maximum absolute atomic E-state index is 11.7. The summed E-state index contributed by atoms with van der Waals surface area (Å²) < 4.78 is 0. The lowest BCUT2D eigenvalue weighted by Gasteiger charge is -2.12. The van der Waals surface area contributed by atoms with Crippen LogP contribution in [0.1, 0.15) is 25.3 Å². The molecule has 18 heavy (non-hydrogen) atoms. The molecule has 1 aromatic rings. The predicted octanol–water partition coefficient (Wildman–Crippen LogP) is 2.31. The van der Waals surface area contributed by atoms with E-state index in [-0.39, 0.29) is 6.03 Å². The van der Waals surface area contributed by atoms with Crippen LogP contribution in [0.25, 0.3) is 0 Å². The van der Waals surface area contributed by atoms with E-state index in [1.807, 2.05) is 24.3 Å². The smallest absolute Gasteiger partial charge is 0.319 e. The first-order valence-electron chi connectivity index (χ1n) is 6.53. The molecular formula is C14H21N3O. The Morgan fingerprint density at radius 3 is 2.61 bits per heavy atom.